The first-order chi connectivity index (χ1) is 11.9. The van der Waals surface area contributed by atoms with Crippen molar-refractivity contribution >= 4 is 20.9 Å². The van der Waals surface area contributed by atoms with E-state index >= 15 is 0 Å². The normalized spacial score (nSPS) is 15.3. The van der Waals surface area contributed by atoms with Crippen LogP contribution in [0.5, 0.6) is 0 Å². The van der Waals surface area contributed by atoms with Crippen LogP contribution in [0.25, 0.3) is 10.9 Å². The minimum Gasteiger partial charge on any atom is -0.360 e. The summed E-state index contributed by atoms with van der Waals surface area (Å²) < 4.78 is 33.7. The van der Waals surface area contributed by atoms with E-state index in [0.717, 1.165) is 47.1 Å². The van der Waals surface area contributed by atoms with Gasteiger partial charge in [-0.2, -0.15) is 0 Å². The lowest BCUT2D eigenvalue weighted by Crippen LogP contribution is -2.17. The number of fused-ring (bicyclic) bond motifs is 3. The van der Waals surface area contributed by atoms with Gasteiger partial charge in [-0.15, -0.1) is 0 Å². The molecular formula is C18H21N3O3S. The van der Waals surface area contributed by atoms with E-state index in [1.165, 1.54) is 3.97 Å². The molecule has 0 saturated heterocycles. The second-order valence-electron chi connectivity index (χ2n) is 6.65. The molecule has 0 spiro atoms. The Balaban J connectivity index is 2.10. The SMILES string of the molecule is Cc1ccc2c(c1)c1c(n2S(=O)(=O)c2c(C)noc2C)CCCNC1. The van der Waals surface area contributed by atoms with Crippen LogP contribution in [0.2, 0.25) is 0 Å². The van der Waals surface area contributed by atoms with Crippen molar-refractivity contribution in [3.05, 3.63) is 46.5 Å². The van der Waals surface area contributed by atoms with Crippen molar-refractivity contribution in [2.24, 2.45) is 0 Å². The summed E-state index contributed by atoms with van der Waals surface area (Å²) in [7, 11) is -3.78. The van der Waals surface area contributed by atoms with E-state index in [-0.39, 0.29) is 4.90 Å². The number of benzene rings is 1. The van der Waals surface area contributed by atoms with E-state index < -0.39 is 10.0 Å². The van der Waals surface area contributed by atoms with Crippen molar-refractivity contribution in [2.45, 2.75) is 45.1 Å². The second kappa shape index (κ2) is 5.71. The van der Waals surface area contributed by atoms with Crippen LogP contribution in [0.4, 0.5) is 0 Å². The zero-order valence-electron chi connectivity index (χ0n) is 14.6. The number of nitrogens with zero attached hydrogens (tertiary/aromatic N) is 2. The number of aryl methyl sites for hydroxylation is 3. The molecule has 0 saturated carbocycles. The fourth-order valence-corrected chi connectivity index (χ4v) is 5.65. The first kappa shape index (κ1) is 16.4. The van der Waals surface area contributed by atoms with Crippen molar-refractivity contribution < 1.29 is 12.9 Å². The van der Waals surface area contributed by atoms with Gasteiger partial charge >= 0.3 is 0 Å². The van der Waals surface area contributed by atoms with Gasteiger partial charge in [-0.3, -0.25) is 0 Å². The third-order valence-electron chi connectivity index (χ3n) is 4.82. The molecule has 4 rings (SSSR count). The fraction of sp³-hybridized carbons (Fsp3) is 0.389. The Morgan fingerprint density at radius 1 is 1.24 bits per heavy atom. The molecule has 1 aliphatic rings. The van der Waals surface area contributed by atoms with Gasteiger partial charge in [0.2, 0.25) is 0 Å². The highest BCUT2D eigenvalue weighted by atomic mass is 32.2. The highest BCUT2D eigenvalue weighted by molar-refractivity contribution is 7.90. The van der Waals surface area contributed by atoms with E-state index in [9.17, 15) is 8.42 Å². The summed E-state index contributed by atoms with van der Waals surface area (Å²) in [5.41, 5.74) is 4.18. The molecule has 0 aliphatic carbocycles. The van der Waals surface area contributed by atoms with Crippen LogP contribution in [-0.4, -0.2) is 24.1 Å². The van der Waals surface area contributed by atoms with Gasteiger partial charge in [0.05, 0.1) is 5.52 Å². The van der Waals surface area contributed by atoms with Crippen LogP contribution in [0, 0.1) is 20.8 Å². The lowest BCUT2D eigenvalue weighted by atomic mass is 10.1. The first-order valence-electron chi connectivity index (χ1n) is 8.43. The molecule has 0 bridgehead atoms. The van der Waals surface area contributed by atoms with Gasteiger partial charge in [-0.25, -0.2) is 12.4 Å². The average Bonchev–Trinajstić information content (AvgIpc) is 2.94. The van der Waals surface area contributed by atoms with E-state index in [4.69, 9.17) is 4.52 Å². The van der Waals surface area contributed by atoms with E-state index in [0.29, 0.717) is 18.0 Å². The first-order valence-corrected chi connectivity index (χ1v) is 9.87. The van der Waals surface area contributed by atoms with Gasteiger partial charge in [0, 0.05) is 17.6 Å². The molecule has 1 aromatic carbocycles. The molecule has 3 aromatic rings. The standard InChI is InChI=1S/C18H21N3O3S/c1-11-6-7-17-14(9-11)15-10-19-8-4-5-16(15)21(17)25(22,23)18-12(2)20-24-13(18)3/h6-7,9,19H,4-5,8,10H2,1-3H3. The van der Waals surface area contributed by atoms with Crippen LogP contribution in [0.3, 0.4) is 0 Å². The highest BCUT2D eigenvalue weighted by Crippen LogP contribution is 2.34. The Bertz CT molecular complexity index is 1060. The molecular weight excluding hydrogens is 338 g/mol. The Labute approximate surface area is 146 Å². The van der Waals surface area contributed by atoms with Crippen LogP contribution < -0.4 is 5.32 Å². The molecule has 0 fully saturated rings. The van der Waals surface area contributed by atoms with Gasteiger partial charge in [-0.1, -0.05) is 16.8 Å². The number of hydrogen-bond acceptors (Lipinski definition) is 5. The molecule has 132 valence electrons. The summed E-state index contributed by atoms with van der Waals surface area (Å²) in [4.78, 5) is 0.171. The average molecular weight is 359 g/mol. The fourth-order valence-electron chi connectivity index (χ4n) is 3.74. The lowest BCUT2D eigenvalue weighted by molar-refractivity contribution is 0.390. The van der Waals surface area contributed by atoms with Gasteiger partial charge < -0.3 is 9.84 Å². The molecule has 6 nitrogen and oxygen atoms in total. The highest BCUT2D eigenvalue weighted by Gasteiger charge is 2.31. The molecule has 2 aromatic heterocycles. The van der Waals surface area contributed by atoms with E-state index in [2.05, 4.69) is 16.5 Å². The predicted octanol–water partition coefficient (Wildman–Crippen LogP) is 2.83. The number of rotatable bonds is 2. The number of aromatic nitrogens is 2. The smallest absolute Gasteiger partial charge is 0.273 e. The quantitative estimate of drug-likeness (QED) is 0.761. The molecule has 0 atom stereocenters. The van der Waals surface area contributed by atoms with E-state index in [1.54, 1.807) is 13.8 Å². The minimum atomic E-state index is -3.78. The minimum absolute atomic E-state index is 0.171. The Morgan fingerprint density at radius 3 is 2.76 bits per heavy atom. The van der Waals surface area contributed by atoms with Crippen LogP contribution in [-0.2, 0) is 23.0 Å². The number of hydrogen-bond donors (Lipinski definition) is 1. The zero-order chi connectivity index (χ0) is 17.8. The van der Waals surface area contributed by atoms with Crippen molar-refractivity contribution in [3.63, 3.8) is 0 Å². The monoisotopic (exact) mass is 359 g/mol. The molecule has 0 amide bonds. The molecule has 0 radical (unpaired) electrons. The third kappa shape index (κ3) is 2.41. The zero-order valence-corrected chi connectivity index (χ0v) is 15.4. The van der Waals surface area contributed by atoms with Gasteiger partial charge in [-0.05, 0) is 57.9 Å². The summed E-state index contributed by atoms with van der Waals surface area (Å²) in [6.45, 7) is 6.89. The molecule has 25 heavy (non-hydrogen) atoms. The van der Waals surface area contributed by atoms with Crippen molar-refractivity contribution in [3.8, 4) is 0 Å². The maximum Gasteiger partial charge on any atom is 0.273 e. The van der Waals surface area contributed by atoms with Gasteiger partial charge in [0.15, 0.2) is 10.7 Å². The van der Waals surface area contributed by atoms with Crippen LogP contribution >= 0.6 is 0 Å². The summed E-state index contributed by atoms with van der Waals surface area (Å²) in [5.74, 6) is 0.326. The Kier molecular flexibility index (Phi) is 3.73. The van der Waals surface area contributed by atoms with Crippen molar-refractivity contribution in [1.29, 1.82) is 0 Å². The van der Waals surface area contributed by atoms with Crippen LogP contribution in [0.1, 0.15) is 34.7 Å². The molecule has 7 heteroatoms. The summed E-state index contributed by atoms with van der Waals surface area (Å²) in [6, 6.07) is 5.92. The Hall–Kier alpha value is -2.12. The van der Waals surface area contributed by atoms with Crippen LogP contribution in [0.15, 0.2) is 27.6 Å². The van der Waals surface area contributed by atoms with Gasteiger partial charge in [0.25, 0.3) is 10.0 Å². The maximum absolute atomic E-state index is 13.5. The summed E-state index contributed by atoms with van der Waals surface area (Å²) in [6.07, 6.45) is 1.62. The second-order valence-corrected chi connectivity index (χ2v) is 8.37. The van der Waals surface area contributed by atoms with Crippen molar-refractivity contribution in [2.75, 3.05) is 6.54 Å². The van der Waals surface area contributed by atoms with E-state index in [1.807, 2.05) is 19.1 Å². The summed E-state index contributed by atoms with van der Waals surface area (Å²) in [5, 5.41) is 8.24. The maximum atomic E-state index is 13.5. The van der Waals surface area contributed by atoms with Gasteiger partial charge in [0.1, 0.15) is 5.69 Å². The lowest BCUT2D eigenvalue weighted by Gasteiger charge is -2.11. The molecule has 1 N–H and O–H groups in total. The molecule has 1 aliphatic heterocycles. The number of nitrogens with one attached hydrogen (secondary N) is 1. The topological polar surface area (TPSA) is 77.1 Å². The Morgan fingerprint density at radius 2 is 2.04 bits per heavy atom. The molecule has 0 unspecified atom stereocenters. The predicted molar refractivity (Wildman–Crippen MR) is 95.3 cm³/mol. The van der Waals surface area contributed by atoms with Crippen molar-refractivity contribution in [1.82, 2.24) is 14.4 Å². The largest absolute Gasteiger partial charge is 0.360 e. The summed E-state index contributed by atoms with van der Waals surface area (Å²) >= 11 is 0. The third-order valence-corrected chi connectivity index (χ3v) is 6.82. The molecule has 3 heterocycles.